The van der Waals surface area contributed by atoms with Gasteiger partial charge in [0, 0.05) is 42.8 Å². The third kappa shape index (κ3) is 5.97. The largest absolute Gasteiger partial charge is 0.508 e. The average Bonchev–Trinajstić information content (AvgIpc) is 2.86. The second kappa shape index (κ2) is 11.3. The molecular formula is C27H27N3O6S. The molecule has 0 radical (unpaired) electrons. The number of ketones is 1. The van der Waals surface area contributed by atoms with Crippen molar-refractivity contribution in [3.8, 4) is 0 Å². The van der Waals surface area contributed by atoms with Gasteiger partial charge in [-0.25, -0.2) is 4.79 Å². The van der Waals surface area contributed by atoms with Crippen molar-refractivity contribution in [3.05, 3.63) is 82.9 Å². The normalized spacial score (nSPS) is 19.6. The van der Waals surface area contributed by atoms with Gasteiger partial charge in [-0.05, 0) is 66.2 Å². The number of aromatic carboxylic acids is 1. The summed E-state index contributed by atoms with van der Waals surface area (Å²) in [5, 5.41) is 29.2. The summed E-state index contributed by atoms with van der Waals surface area (Å²) in [5.74, 6) is -1.36. The van der Waals surface area contributed by atoms with E-state index in [0.717, 1.165) is 0 Å². The summed E-state index contributed by atoms with van der Waals surface area (Å²) in [4.78, 5) is 35.6. The van der Waals surface area contributed by atoms with Crippen LogP contribution in [0.1, 0.15) is 35.7 Å². The van der Waals surface area contributed by atoms with Crippen molar-refractivity contribution in [2.45, 2.75) is 25.9 Å². The fraction of sp³-hybridized carbons (Fsp3) is 0.259. The van der Waals surface area contributed by atoms with E-state index < -0.39 is 12.1 Å². The highest BCUT2D eigenvalue weighted by atomic mass is 32.1. The number of anilines is 1. The minimum Gasteiger partial charge on any atom is -0.508 e. The van der Waals surface area contributed by atoms with E-state index in [9.17, 15) is 24.6 Å². The number of carboxylic acid groups (broad SMARTS) is 1. The summed E-state index contributed by atoms with van der Waals surface area (Å²) in [7, 11) is 0. The van der Waals surface area contributed by atoms with E-state index in [1.807, 2.05) is 0 Å². The summed E-state index contributed by atoms with van der Waals surface area (Å²) >= 11 is 5.33. The quantitative estimate of drug-likeness (QED) is 0.257. The molecule has 0 saturated carbocycles. The molecule has 5 N–H and O–H groups in total. The van der Waals surface area contributed by atoms with Gasteiger partial charge in [-0.2, -0.15) is 0 Å². The van der Waals surface area contributed by atoms with E-state index >= 15 is 0 Å². The summed E-state index contributed by atoms with van der Waals surface area (Å²) in [6, 6.07) is 4.94. The van der Waals surface area contributed by atoms with E-state index in [-0.39, 0.29) is 28.9 Å². The van der Waals surface area contributed by atoms with Gasteiger partial charge in [0.05, 0.1) is 5.56 Å². The number of aliphatic hydroxyl groups is 1. The van der Waals surface area contributed by atoms with Gasteiger partial charge < -0.3 is 30.9 Å². The molecule has 0 fully saturated rings. The number of allylic oxidation sites excluding steroid dienone is 4. The minimum absolute atomic E-state index is 0.0108. The summed E-state index contributed by atoms with van der Waals surface area (Å²) in [6.45, 7) is 2.85. The Morgan fingerprint density at radius 1 is 1.14 bits per heavy atom. The molecule has 1 aliphatic heterocycles. The van der Waals surface area contributed by atoms with Gasteiger partial charge in [-0.1, -0.05) is 19.1 Å². The molecule has 2 unspecified atom stereocenters. The molecule has 0 aromatic heterocycles. The van der Waals surface area contributed by atoms with Gasteiger partial charge in [0.25, 0.3) is 0 Å². The number of carbonyl (C=O) groups is 3. The molecule has 1 aromatic rings. The zero-order valence-electron chi connectivity index (χ0n) is 20.1. The number of carbonyl (C=O) groups excluding carboxylic acids is 2. The number of rotatable bonds is 8. The lowest BCUT2D eigenvalue weighted by Crippen LogP contribution is -2.32. The van der Waals surface area contributed by atoms with E-state index in [2.05, 4.69) is 16.0 Å². The van der Waals surface area contributed by atoms with Crippen LogP contribution in [-0.2, 0) is 14.3 Å². The number of ether oxygens (including phenoxy) is 1. The van der Waals surface area contributed by atoms with Crippen LogP contribution in [-0.4, -0.2) is 52.2 Å². The van der Waals surface area contributed by atoms with Gasteiger partial charge in [0.1, 0.15) is 17.6 Å². The van der Waals surface area contributed by atoms with Crippen molar-refractivity contribution in [1.82, 2.24) is 10.6 Å². The maximum atomic E-state index is 12.3. The molecule has 9 nitrogen and oxygen atoms in total. The second-order valence-corrected chi connectivity index (χ2v) is 9.04. The Labute approximate surface area is 219 Å². The Bertz CT molecular complexity index is 1310. The maximum absolute atomic E-state index is 12.3. The summed E-state index contributed by atoms with van der Waals surface area (Å²) in [6.07, 6.45) is 9.79. The van der Waals surface area contributed by atoms with Crippen LogP contribution in [0.15, 0.2) is 71.7 Å². The molecule has 192 valence electrons. The van der Waals surface area contributed by atoms with Crippen LogP contribution in [0.25, 0.3) is 5.57 Å². The monoisotopic (exact) mass is 521 g/mol. The Kier molecular flexibility index (Phi) is 7.88. The van der Waals surface area contributed by atoms with Crippen LogP contribution in [0.3, 0.4) is 0 Å². The second-order valence-electron chi connectivity index (χ2n) is 8.63. The molecule has 2 atom stereocenters. The lowest BCUT2D eigenvalue weighted by Gasteiger charge is -2.36. The smallest absolute Gasteiger partial charge is 0.336 e. The van der Waals surface area contributed by atoms with Crippen molar-refractivity contribution in [2.24, 2.45) is 5.92 Å². The molecule has 0 spiro atoms. The molecule has 1 amide bonds. The zero-order valence-corrected chi connectivity index (χ0v) is 20.9. The highest BCUT2D eigenvalue weighted by Gasteiger charge is 2.37. The Hall–Kier alpha value is -4.18. The van der Waals surface area contributed by atoms with Gasteiger partial charge in [0.15, 0.2) is 10.9 Å². The maximum Gasteiger partial charge on any atom is 0.336 e. The number of thiocarbonyl (C=S) groups is 1. The fourth-order valence-corrected chi connectivity index (χ4v) is 4.55. The summed E-state index contributed by atoms with van der Waals surface area (Å²) in [5.41, 5.74) is 2.33. The number of carboxylic acids is 1. The van der Waals surface area contributed by atoms with Crippen molar-refractivity contribution in [3.63, 3.8) is 0 Å². The summed E-state index contributed by atoms with van der Waals surface area (Å²) < 4.78 is 5.97. The molecule has 2 aliphatic carbocycles. The third-order valence-corrected chi connectivity index (χ3v) is 6.33. The minimum atomic E-state index is -1.13. The molecule has 3 aliphatic rings. The molecule has 0 saturated heterocycles. The standard InChI is InChI=1S/C27H27N3O6S/c1-2-24(33)28-10-3-11-29-27(37)30-15-4-7-18(21(12-15)26(34)35)25-19-8-5-16(31)13-22(19)36-23-14-17(32)6-9-20(23)25/h4-9,12-14,19,22,31H,2-3,10-11H2,1H3,(H,28,33)(H,34,35)(H2,29,30,37). The first-order valence-electron chi connectivity index (χ1n) is 11.9. The molecular weight excluding hydrogens is 494 g/mol. The van der Waals surface area contributed by atoms with E-state index in [0.29, 0.717) is 59.2 Å². The SMILES string of the molecule is CCC(=O)NCCCNC(=S)Nc1ccc(C2=C3C=CC(=O)C=C3OC3C=C(O)C=CC23)c(C(=O)O)c1. The van der Waals surface area contributed by atoms with E-state index in [4.69, 9.17) is 17.0 Å². The Morgan fingerprint density at radius 2 is 1.92 bits per heavy atom. The number of hydrogen-bond acceptors (Lipinski definition) is 6. The Balaban J connectivity index is 1.58. The lowest BCUT2D eigenvalue weighted by molar-refractivity contribution is -0.120. The number of fused-ring (bicyclic) bond motifs is 2. The first-order valence-corrected chi connectivity index (χ1v) is 12.3. The molecule has 1 heterocycles. The van der Waals surface area contributed by atoms with E-state index in [1.165, 1.54) is 18.2 Å². The lowest BCUT2D eigenvalue weighted by atomic mass is 9.77. The van der Waals surface area contributed by atoms with Gasteiger partial charge in [-0.3, -0.25) is 9.59 Å². The zero-order chi connectivity index (χ0) is 26.5. The number of amides is 1. The van der Waals surface area contributed by atoms with Gasteiger partial charge in [0.2, 0.25) is 5.91 Å². The highest BCUT2D eigenvalue weighted by Crippen LogP contribution is 2.45. The Morgan fingerprint density at radius 3 is 2.68 bits per heavy atom. The van der Waals surface area contributed by atoms with E-state index in [1.54, 1.807) is 43.4 Å². The predicted octanol–water partition coefficient (Wildman–Crippen LogP) is 3.39. The highest BCUT2D eigenvalue weighted by molar-refractivity contribution is 7.80. The van der Waals surface area contributed by atoms with Crippen LogP contribution in [0.5, 0.6) is 0 Å². The number of hydrogen-bond donors (Lipinski definition) is 5. The topological polar surface area (TPSA) is 137 Å². The third-order valence-electron chi connectivity index (χ3n) is 6.08. The number of aliphatic hydroxyl groups excluding tert-OH is 1. The van der Waals surface area contributed by atoms with Gasteiger partial charge in [-0.15, -0.1) is 0 Å². The fourth-order valence-electron chi connectivity index (χ4n) is 4.33. The predicted molar refractivity (Wildman–Crippen MR) is 143 cm³/mol. The molecule has 0 bridgehead atoms. The van der Waals surface area contributed by atoms with Crippen molar-refractivity contribution >= 4 is 46.3 Å². The molecule has 10 heteroatoms. The van der Waals surface area contributed by atoms with Crippen molar-refractivity contribution in [2.75, 3.05) is 18.4 Å². The van der Waals surface area contributed by atoms with Crippen LogP contribution < -0.4 is 16.0 Å². The van der Waals surface area contributed by atoms with Crippen molar-refractivity contribution < 1.29 is 29.3 Å². The van der Waals surface area contributed by atoms with Crippen LogP contribution in [0, 0.1) is 5.92 Å². The molecule has 37 heavy (non-hydrogen) atoms. The van der Waals surface area contributed by atoms with Gasteiger partial charge >= 0.3 is 5.97 Å². The van der Waals surface area contributed by atoms with Crippen LogP contribution in [0.2, 0.25) is 0 Å². The molecule has 1 aromatic carbocycles. The molecule has 4 rings (SSSR count). The first-order chi connectivity index (χ1) is 17.8. The first kappa shape index (κ1) is 25.9. The van der Waals surface area contributed by atoms with Crippen molar-refractivity contribution in [1.29, 1.82) is 0 Å². The number of benzene rings is 1. The van der Waals surface area contributed by atoms with Crippen LogP contribution >= 0.6 is 12.2 Å². The number of nitrogens with one attached hydrogen (secondary N) is 3. The average molecular weight is 522 g/mol. The van der Waals surface area contributed by atoms with Crippen LogP contribution in [0.4, 0.5) is 5.69 Å².